The number of nitrogens with zero attached hydrogens (tertiary/aromatic N) is 6. The van der Waals surface area contributed by atoms with Crippen LogP contribution in [0.3, 0.4) is 0 Å². The summed E-state index contributed by atoms with van der Waals surface area (Å²) in [6.45, 7) is 0.541. The summed E-state index contributed by atoms with van der Waals surface area (Å²) in [6, 6.07) is 24.7. The summed E-state index contributed by atoms with van der Waals surface area (Å²) in [6.07, 6.45) is 5.07. The quantitative estimate of drug-likeness (QED) is 0.431. The largest absolute Gasteiger partial charge is 0.338 e. The molecule has 2 aromatic heterocycles. The van der Waals surface area contributed by atoms with Crippen molar-refractivity contribution in [2.24, 2.45) is 4.99 Å². The molecule has 7 rings (SSSR count). The molecular formula is C29H27N7O. The Bertz CT molecular complexity index is 1490. The Balaban J connectivity index is 1.31. The molecule has 2 aromatic carbocycles. The van der Waals surface area contributed by atoms with Crippen molar-refractivity contribution >= 4 is 29.2 Å². The molecule has 0 radical (unpaired) electrons. The number of aromatic nitrogens is 3. The molecule has 1 aliphatic carbocycles. The fourth-order valence-corrected chi connectivity index (χ4v) is 5.73. The van der Waals surface area contributed by atoms with Gasteiger partial charge in [-0.3, -0.25) is 19.6 Å². The molecule has 1 N–H and O–H groups in total. The number of nitrogens with one attached hydrogen (secondary N) is 1. The summed E-state index contributed by atoms with van der Waals surface area (Å²) in [7, 11) is 1.82. The van der Waals surface area contributed by atoms with Gasteiger partial charge < -0.3 is 5.32 Å². The van der Waals surface area contributed by atoms with Gasteiger partial charge >= 0.3 is 0 Å². The molecule has 1 amide bonds. The monoisotopic (exact) mass is 489 g/mol. The first-order valence-electron chi connectivity index (χ1n) is 12.8. The summed E-state index contributed by atoms with van der Waals surface area (Å²) in [5.74, 6) is 2.07. The lowest BCUT2D eigenvalue weighted by Gasteiger charge is -2.35. The van der Waals surface area contributed by atoms with E-state index >= 15 is 0 Å². The number of benzene rings is 2. The molecule has 37 heavy (non-hydrogen) atoms. The molecule has 184 valence electrons. The minimum absolute atomic E-state index is 0.0832. The third kappa shape index (κ3) is 3.59. The zero-order chi connectivity index (χ0) is 24.9. The maximum absolute atomic E-state index is 13.7. The molecule has 2 aliphatic heterocycles. The number of anilines is 3. The topological polar surface area (TPSA) is 78.7 Å². The summed E-state index contributed by atoms with van der Waals surface area (Å²) in [5.41, 5.74) is 4.60. The highest BCUT2D eigenvalue weighted by Gasteiger charge is 2.49. The Hall–Kier alpha value is -4.46. The first kappa shape index (κ1) is 21.8. The molecule has 1 fully saturated rings. The molecule has 0 unspecified atom stereocenters. The van der Waals surface area contributed by atoms with Crippen molar-refractivity contribution in [1.82, 2.24) is 19.7 Å². The van der Waals surface area contributed by atoms with Gasteiger partial charge in [0.05, 0.1) is 24.3 Å². The third-order valence-corrected chi connectivity index (χ3v) is 7.53. The predicted molar refractivity (Wildman–Crippen MR) is 144 cm³/mol. The first-order valence-corrected chi connectivity index (χ1v) is 12.8. The van der Waals surface area contributed by atoms with Crippen LogP contribution in [0.5, 0.6) is 0 Å². The van der Waals surface area contributed by atoms with Crippen LogP contribution in [-0.4, -0.2) is 50.7 Å². The number of carbonyl (C=O) groups excluding carboxylic acids is 1. The Morgan fingerprint density at radius 1 is 0.973 bits per heavy atom. The fraction of sp³-hybridized carbons (Fsp3) is 0.241. The van der Waals surface area contributed by atoms with Gasteiger partial charge in [-0.2, -0.15) is 5.10 Å². The average molecular weight is 490 g/mol. The first-order chi connectivity index (χ1) is 18.2. The van der Waals surface area contributed by atoms with E-state index in [0.717, 1.165) is 53.5 Å². The highest BCUT2D eigenvalue weighted by atomic mass is 16.2. The minimum atomic E-state index is -0.0832. The number of para-hydroxylation sites is 1. The molecule has 0 bridgehead atoms. The van der Waals surface area contributed by atoms with Gasteiger partial charge in [-0.1, -0.05) is 48.5 Å². The van der Waals surface area contributed by atoms with Gasteiger partial charge in [0, 0.05) is 24.5 Å². The van der Waals surface area contributed by atoms with E-state index in [1.165, 1.54) is 0 Å². The SMILES string of the molecule is CN1C(=O)c2c(Nc3ccccc3)nn(Cc3ccc(-c4ccccn4)cc3)c2N2C1=N[C@@H]1CCC[C@@H]12. The van der Waals surface area contributed by atoms with Crippen LogP contribution < -0.4 is 10.2 Å². The van der Waals surface area contributed by atoms with E-state index in [4.69, 9.17) is 10.1 Å². The standard InChI is InChI=1S/C29H27N7O/c1-34-28(37)25-26(31-21-8-3-2-4-9-21)33-35(27(25)36-24-12-7-11-23(24)32-29(34)36)18-19-13-15-20(16-14-19)22-10-5-6-17-30-22/h2-6,8-10,13-17,23-24H,7,11-12,18H2,1H3,(H,31,33)/t23-,24+/m1/s1. The molecule has 8 heteroatoms. The van der Waals surface area contributed by atoms with Gasteiger partial charge in [0.2, 0.25) is 5.96 Å². The molecule has 4 heterocycles. The van der Waals surface area contributed by atoms with Gasteiger partial charge in [-0.05, 0) is 49.1 Å². The average Bonchev–Trinajstić information content (AvgIpc) is 3.63. The highest BCUT2D eigenvalue weighted by molar-refractivity contribution is 6.21. The van der Waals surface area contributed by atoms with Crippen molar-refractivity contribution in [1.29, 1.82) is 0 Å². The second-order valence-corrected chi connectivity index (χ2v) is 9.84. The number of fused-ring (bicyclic) bond motifs is 5. The number of pyridine rings is 1. The van der Waals surface area contributed by atoms with Crippen LogP contribution in [0.15, 0.2) is 84.0 Å². The Morgan fingerprint density at radius 3 is 2.57 bits per heavy atom. The van der Waals surface area contributed by atoms with Crippen molar-refractivity contribution in [3.05, 3.63) is 90.1 Å². The molecule has 4 aromatic rings. The van der Waals surface area contributed by atoms with Gasteiger partial charge in [0.1, 0.15) is 11.4 Å². The molecule has 2 atom stereocenters. The van der Waals surface area contributed by atoms with E-state index in [9.17, 15) is 4.79 Å². The maximum atomic E-state index is 13.7. The second kappa shape index (κ2) is 8.58. The van der Waals surface area contributed by atoms with E-state index in [0.29, 0.717) is 17.9 Å². The van der Waals surface area contributed by atoms with Crippen LogP contribution in [0, 0.1) is 0 Å². The molecular weight excluding hydrogens is 462 g/mol. The van der Waals surface area contributed by atoms with E-state index < -0.39 is 0 Å². The van der Waals surface area contributed by atoms with Crippen LogP contribution in [0.2, 0.25) is 0 Å². The van der Waals surface area contributed by atoms with Crippen molar-refractivity contribution in [2.45, 2.75) is 37.9 Å². The maximum Gasteiger partial charge on any atom is 0.267 e. The van der Waals surface area contributed by atoms with E-state index in [2.05, 4.69) is 39.5 Å². The van der Waals surface area contributed by atoms with Crippen molar-refractivity contribution in [2.75, 3.05) is 17.3 Å². The normalized spacial score (nSPS) is 19.9. The van der Waals surface area contributed by atoms with Crippen LogP contribution in [0.25, 0.3) is 11.3 Å². The predicted octanol–water partition coefficient (Wildman–Crippen LogP) is 4.92. The number of hydrogen-bond donors (Lipinski definition) is 1. The van der Waals surface area contributed by atoms with Gasteiger partial charge in [0.25, 0.3) is 5.91 Å². The smallest absolute Gasteiger partial charge is 0.267 e. The minimum Gasteiger partial charge on any atom is -0.338 e. The van der Waals surface area contributed by atoms with E-state index in [1.807, 2.05) is 60.3 Å². The van der Waals surface area contributed by atoms with Crippen molar-refractivity contribution < 1.29 is 4.79 Å². The summed E-state index contributed by atoms with van der Waals surface area (Å²) in [5, 5.41) is 8.38. The second-order valence-electron chi connectivity index (χ2n) is 9.84. The lowest BCUT2D eigenvalue weighted by molar-refractivity contribution is 0.0865. The number of guanidine groups is 1. The number of aliphatic imine (C=N–C) groups is 1. The lowest BCUT2D eigenvalue weighted by Crippen LogP contribution is -2.52. The summed E-state index contributed by atoms with van der Waals surface area (Å²) < 4.78 is 1.97. The number of carbonyl (C=O) groups is 1. The Morgan fingerprint density at radius 2 is 1.78 bits per heavy atom. The highest BCUT2D eigenvalue weighted by Crippen LogP contribution is 2.43. The molecule has 3 aliphatic rings. The number of rotatable bonds is 5. The van der Waals surface area contributed by atoms with Gasteiger partial charge in [-0.15, -0.1) is 0 Å². The van der Waals surface area contributed by atoms with Crippen LogP contribution in [0.4, 0.5) is 17.3 Å². The van der Waals surface area contributed by atoms with E-state index in [-0.39, 0.29) is 18.0 Å². The fourth-order valence-electron chi connectivity index (χ4n) is 5.73. The summed E-state index contributed by atoms with van der Waals surface area (Å²) >= 11 is 0. The van der Waals surface area contributed by atoms with Gasteiger partial charge in [-0.25, -0.2) is 9.67 Å². The molecule has 8 nitrogen and oxygen atoms in total. The Labute approximate surface area is 215 Å². The van der Waals surface area contributed by atoms with Crippen LogP contribution in [-0.2, 0) is 6.54 Å². The molecule has 0 spiro atoms. The molecule has 1 saturated carbocycles. The van der Waals surface area contributed by atoms with Crippen molar-refractivity contribution in [3.63, 3.8) is 0 Å². The van der Waals surface area contributed by atoms with Crippen LogP contribution >= 0.6 is 0 Å². The zero-order valence-corrected chi connectivity index (χ0v) is 20.6. The summed E-state index contributed by atoms with van der Waals surface area (Å²) in [4.78, 5) is 27.1. The van der Waals surface area contributed by atoms with Crippen LogP contribution in [0.1, 0.15) is 35.2 Å². The van der Waals surface area contributed by atoms with Crippen molar-refractivity contribution in [3.8, 4) is 11.3 Å². The zero-order valence-electron chi connectivity index (χ0n) is 20.6. The third-order valence-electron chi connectivity index (χ3n) is 7.53. The number of hydrogen-bond acceptors (Lipinski definition) is 6. The lowest BCUT2D eigenvalue weighted by atomic mass is 10.1. The van der Waals surface area contributed by atoms with E-state index in [1.54, 1.807) is 11.1 Å². The Kier molecular flexibility index (Phi) is 5.06. The number of amides is 1. The molecule has 0 saturated heterocycles. The van der Waals surface area contributed by atoms with Gasteiger partial charge in [0.15, 0.2) is 5.82 Å².